The summed E-state index contributed by atoms with van der Waals surface area (Å²) in [5, 5.41) is 0. The van der Waals surface area contributed by atoms with Gasteiger partial charge in [-0.1, -0.05) is 35.6 Å². The van der Waals surface area contributed by atoms with Gasteiger partial charge in [-0.05, 0) is 116 Å². The van der Waals surface area contributed by atoms with Gasteiger partial charge in [0.25, 0.3) is 5.56 Å². The molecule has 0 radical (unpaired) electrons. The van der Waals surface area contributed by atoms with E-state index in [1.54, 1.807) is 43.7 Å². The number of carbonyl (C=O) groups excluding carboxylic acids is 1. The first-order valence-electron chi connectivity index (χ1n) is 15.3. The Bertz CT molecular complexity index is 1980. The molecule has 0 aliphatic carbocycles. The molecule has 0 amide bonds. The first kappa shape index (κ1) is 34.2. The predicted molar refractivity (Wildman–Crippen MR) is 190 cm³/mol. The van der Waals surface area contributed by atoms with Crippen LogP contribution in [0.5, 0.6) is 23.0 Å². The number of hydrogen-bond donors (Lipinski definition) is 0. The third-order valence-electron chi connectivity index (χ3n) is 7.26. The third-order valence-corrected chi connectivity index (χ3v) is 8.96. The van der Waals surface area contributed by atoms with Crippen molar-refractivity contribution in [2.24, 2.45) is 4.99 Å². The molecule has 1 aliphatic heterocycles. The summed E-state index contributed by atoms with van der Waals surface area (Å²) in [7, 11) is 1.56. The van der Waals surface area contributed by atoms with Gasteiger partial charge in [-0.2, -0.15) is 0 Å². The van der Waals surface area contributed by atoms with Crippen LogP contribution in [0.25, 0.3) is 6.08 Å². The van der Waals surface area contributed by atoms with E-state index in [0.29, 0.717) is 62.4 Å². The zero-order valence-electron chi connectivity index (χ0n) is 27.2. The van der Waals surface area contributed by atoms with Crippen LogP contribution in [-0.4, -0.2) is 37.0 Å². The number of thiazole rings is 1. The average molecular weight is 769 g/mol. The Balaban J connectivity index is 1.57. The van der Waals surface area contributed by atoms with Crippen molar-refractivity contribution in [3.8, 4) is 23.0 Å². The molecule has 9 nitrogen and oxygen atoms in total. The van der Waals surface area contributed by atoms with Gasteiger partial charge in [0.1, 0.15) is 6.61 Å². The predicted octanol–water partition coefficient (Wildman–Crippen LogP) is 6.18. The molecule has 2 heterocycles. The number of allylic oxidation sites excluding steroid dienone is 1. The summed E-state index contributed by atoms with van der Waals surface area (Å²) in [6.45, 7) is 10.3. The molecule has 47 heavy (non-hydrogen) atoms. The maximum Gasteiger partial charge on any atom is 0.338 e. The van der Waals surface area contributed by atoms with E-state index in [1.807, 2.05) is 69.3 Å². The van der Waals surface area contributed by atoms with Gasteiger partial charge in [0.15, 0.2) is 27.8 Å². The van der Waals surface area contributed by atoms with Gasteiger partial charge in [-0.25, -0.2) is 9.79 Å². The normalized spacial score (nSPS) is 14.5. The molecule has 0 N–H and O–H groups in total. The number of rotatable bonds is 12. The summed E-state index contributed by atoms with van der Waals surface area (Å²) >= 11 is 3.53. The average Bonchev–Trinajstić information content (AvgIpc) is 3.34. The number of fused-ring (bicyclic) bond motifs is 1. The van der Waals surface area contributed by atoms with Crippen molar-refractivity contribution < 1.29 is 28.5 Å². The van der Waals surface area contributed by atoms with Crippen LogP contribution < -0.4 is 33.8 Å². The summed E-state index contributed by atoms with van der Waals surface area (Å²) in [6, 6.07) is 18.4. The lowest BCUT2D eigenvalue weighted by molar-refractivity contribution is -0.139. The molecule has 0 saturated carbocycles. The Hall–Kier alpha value is -4.10. The smallest absolute Gasteiger partial charge is 0.338 e. The molecule has 3 aromatic carbocycles. The highest BCUT2D eigenvalue weighted by Gasteiger charge is 2.34. The number of hydrogen-bond acceptors (Lipinski definition) is 9. The number of halogens is 1. The second kappa shape index (κ2) is 15.2. The highest BCUT2D eigenvalue weighted by Crippen LogP contribution is 2.37. The highest BCUT2D eigenvalue weighted by molar-refractivity contribution is 14.1. The zero-order valence-corrected chi connectivity index (χ0v) is 30.1. The lowest BCUT2D eigenvalue weighted by atomic mass is 9.95. The van der Waals surface area contributed by atoms with Gasteiger partial charge in [0.05, 0.1) is 48.3 Å². The van der Waals surface area contributed by atoms with Crippen LogP contribution in [0.1, 0.15) is 57.4 Å². The van der Waals surface area contributed by atoms with Crippen LogP contribution in [-0.2, 0) is 16.1 Å². The number of nitrogens with zero attached hydrogens (tertiary/aromatic N) is 2. The van der Waals surface area contributed by atoms with E-state index in [2.05, 4.69) is 27.6 Å². The minimum absolute atomic E-state index is 0.0681. The first-order chi connectivity index (χ1) is 22.6. The van der Waals surface area contributed by atoms with E-state index >= 15 is 0 Å². The first-order valence-corrected chi connectivity index (χ1v) is 17.2. The fourth-order valence-electron chi connectivity index (χ4n) is 5.21. The molecular weight excluding hydrogens is 731 g/mol. The summed E-state index contributed by atoms with van der Waals surface area (Å²) in [5.41, 5.74) is 2.96. The Kier molecular flexibility index (Phi) is 11.1. The molecular formula is C36H37IN2O7S. The van der Waals surface area contributed by atoms with E-state index in [-0.39, 0.29) is 18.3 Å². The summed E-state index contributed by atoms with van der Waals surface area (Å²) in [5.74, 6) is 1.71. The summed E-state index contributed by atoms with van der Waals surface area (Å²) < 4.78 is 32.2. The zero-order chi connectivity index (χ0) is 33.7. The van der Waals surface area contributed by atoms with E-state index in [4.69, 9.17) is 23.7 Å². The second-order valence-corrected chi connectivity index (χ2v) is 13.2. The van der Waals surface area contributed by atoms with Crippen LogP contribution in [0, 0.1) is 3.57 Å². The molecule has 1 aromatic heterocycles. The lowest BCUT2D eigenvalue weighted by Gasteiger charge is -2.25. The van der Waals surface area contributed by atoms with Crippen molar-refractivity contribution in [2.75, 3.05) is 20.3 Å². The van der Waals surface area contributed by atoms with E-state index in [0.717, 1.165) is 14.7 Å². The van der Waals surface area contributed by atoms with Crippen molar-refractivity contribution in [3.63, 3.8) is 0 Å². The molecule has 0 spiro atoms. The highest BCUT2D eigenvalue weighted by atomic mass is 127. The fourth-order valence-corrected chi connectivity index (χ4v) is 6.61. The molecule has 1 atom stereocenters. The van der Waals surface area contributed by atoms with E-state index in [1.165, 1.54) is 11.3 Å². The number of carbonyl (C=O) groups is 1. The van der Waals surface area contributed by atoms with Crippen molar-refractivity contribution >= 4 is 46.0 Å². The van der Waals surface area contributed by atoms with Crippen LogP contribution in [0.2, 0.25) is 0 Å². The summed E-state index contributed by atoms with van der Waals surface area (Å²) in [4.78, 5) is 32.6. The molecule has 1 aliphatic rings. The van der Waals surface area contributed by atoms with Crippen LogP contribution in [0.3, 0.4) is 0 Å². The van der Waals surface area contributed by atoms with Gasteiger partial charge in [-0.15, -0.1) is 0 Å². The number of benzene rings is 3. The van der Waals surface area contributed by atoms with Crippen molar-refractivity contribution in [3.05, 3.63) is 112 Å². The topological polar surface area (TPSA) is 97.6 Å². The molecule has 11 heteroatoms. The van der Waals surface area contributed by atoms with Crippen LogP contribution in [0.15, 0.2) is 81.7 Å². The molecule has 0 unspecified atom stereocenters. The van der Waals surface area contributed by atoms with Crippen molar-refractivity contribution in [2.45, 2.75) is 53.4 Å². The minimum Gasteiger partial charge on any atom is -0.493 e. The van der Waals surface area contributed by atoms with Gasteiger partial charge in [-0.3, -0.25) is 9.36 Å². The largest absolute Gasteiger partial charge is 0.493 e. The van der Waals surface area contributed by atoms with Gasteiger partial charge >= 0.3 is 5.97 Å². The standard InChI is InChI=1S/C36H37IN2O7S/c1-7-43-30-17-24(11-15-27(30)45-20-23-9-13-26(37)14-10-23)18-31-34(40)39-33(25-12-16-28(46-21(3)4)29(19-25)42-6)32(35(41)44-8-2)22(5)38-36(39)47-31/h9-19,21,33H,7-8,20H2,1-6H3/b31-18-/t33-/m1/s1. The number of ether oxygens (including phenoxy) is 5. The van der Waals surface area contributed by atoms with Gasteiger partial charge in [0.2, 0.25) is 0 Å². The van der Waals surface area contributed by atoms with Gasteiger partial charge < -0.3 is 23.7 Å². The van der Waals surface area contributed by atoms with Crippen LogP contribution in [0.4, 0.5) is 0 Å². The lowest BCUT2D eigenvalue weighted by Crippen LogP contribution is -2.40. The maximum absolute atomic E-state index is 14.2. The molecule has 246 valence electrons. The third kappa shape index (κ3) is 7.73. The molecule has 4 aromatic rings. The molecule has 0 bridgehead atoms. The van der Waals surface area contributed by atoms with Crippen molar-refractivity contribution in [1.29, 1.82) is 0 Å². The second-order valence-electron chi connectivity index (χ2n) is 10.9. The monoisotopic (exact) mass is 768 g/mol. The Labute approximate surface area is 291 Å². The molecule has 0 fully saturated rings. The van der Waals surface area contributed by atoms with E-state index in [9.17, 15) is 9.59 Å². The van der Waals surface area contributed by atoms with Gasteiger partial charge in [0, 0.05) is 3.57 Å². The number of esters is 1. The van der Waals surface area contributed by atoms with E-state index < -0.39 is 12.0 Å². The number of methoxy groups -OCH3 is 1. The fraction of sp³-hybridized carbons (Fsp3) is 0.306. The Morgan fingerprint density at radius 3 is 2.40 bits per heavy atom. The Morgan fingerprint density at radius 1 is 0.979 bits per heavy atom. The number of aromatic nitrogens is 1. The minimum atomic E-state index is -0.787. The van der Waals surface area contributed by atoms with Crippen molar-refractivity contribution in [1.82, 2.24) is 4.57 Å². The van der Waals surface area contributed by atoms with Crippen LogP contribution >= 0.6 is 33.9 Å². The quantitative estimate of drug-likeness (QED) is 0.126. The Morgan fingerprint density at radius 2 is 1.72 bits per heavy atom. The summed E-state index contributed by atoms with van der Waals surface area (Å²) in [6.07, 6.45) is 1.73. The molecule has 5 rings (SSSR count). The SMILES string of the molecule is CCOC(=O)C1=C(C)N=c2s/c(=C\c3ccc(OCc4ccc(I)cc4)c(OCC)c3)c(=O)n2[C@@H]1c1ccc(OC(C)C)c(OC)c1. The molecule has 0 saturated heterocycles. The maximum atomic E-state index is 14.2.